The molecule has 0 bridgehead atoms. The molecule has 1 aromatic heterocycles. The summed E-state index contributed by atoms with van der Waals surface area (Å²) < 4.78 is 1.85. The molecule has 7 nitrogen and oxygen atoms in total. The Bertz CT molecular complexity index is 488. The van der Waals surface area contributed by atoms with Crippen LogP contribution in [0.2, 0.25) is 0 Å². The van der Waals surface area contributed by atoms with Crippen LogP contribution in [0, 0.1) is 0 Å². The second-order valence-corrected chi connectivity index (χ2v) is 5.76. The van der Waals surface area contributed by atoms with Gasteiger partial charge in [-0.2, -0.15) is 5.10 Å². The largest absolute Gasteiger partial charge is 0.352 e. The quantitative estimate of drug-likeness (QED) is 0.790. The molecule has 2 rings (SSSR count). The van der Waals surface area contributed by atoms with Gasteiger partial charge >= 0.3 is 6.03 Å². The molecular weight excluding hydrogens is 282 g/mol. The molecule has 0 aromatic carbocycles. The van der Waals surface area contributed by atoms with Crippen molar-refractivity contribution in [3.05, 3.63) is 18.5 Å². The van der Waals surface area contributed by atoms with Crippen molar-refractivity contribution in [2.75, 3.05) is 6.54 Å². The zero-order valence-corrected chi connectivity index (χ0v) is 13.1. The van der Waals surface area contributed by atoms with Gasteiger partial charge in [0.25, 0.3) is 0 Å². The van der Waals surface area contributed by atoms with E-state index in [4.69, 9.17) is 5.73 Å². The average molecular weight is 307 g/mol. The predicted octanol–water partition coefficient (Wildman–Crippen LogP) is 1.10. The Morgan fingerprint density at radius 1 is 1.50 bits per heavy atom. The van der Waals surface area contributed by atoms with E-state index >= 15 is 0 Å². The van der Waals surface area contributed by atoms with Crippen molar-refractivity contribution in [3.63, 3.8) is 0 Å². The lowest BCUT2D eigenvalue weighted by molar-refractivity contribution is -0.134. The Kier molecular flexibility index (Phi) is 5.80. The number of hydrogen-bond acceptors (Lipinski definition) is 3. The van der Waals surface area contributed by atoms with E-state index < -0.39 is 12.1 Å². The molecule has 0 spiro atoms. The highest BCUT2D eigenvalue weighted by Crippen LogP contribution is 2.20. The van der Waals surface area contributed by atoms with Crippen LogP contribution in [0.5, 0.6) is 0 Å². The van der Waals surface area contributed by atoms with Gasteiger partial charge in [0, 0.05) is 18.9 Å². The predicted molar refractivity (Wildman–Crippen MR) is 83.0 cm³/mol. The summed E-state index contributed by atoms with van der Waals surface area (Å²) >= 11 is 0. The second kappa shape index (κ2) is 7.82. The first kappa shape index (κ1) is 16.3. The Balaban J connectivity index is 2.01. The molecule has 2 heterocycles. The van der Waals surface area contributed by atoms with Crippen LogP contribution in [0.3, 0.4) is 0 Å². The molecular formula is C15H25N5O2. The van der Waals surface area contributed by atoms with Gasteiger partial charge in [0.05, 0.1) is 12.6 Å². The smallest absolute Gasteiger partial charge is 0.312 e. The zero-order valence-electron chi connectivity index (χ0n) is 13.1. The lowest BCUT2D eigenvalue weighted by Crippen LogP contribution is -2.52. The first-order valence-electron chi connectivity index (χ1n) is 7.95. The summed E-state index contributed by atoms with van der Waals surface area (Å²) in [6.45, 7) is 3.48. The number of unbranched alkanes of at least 4 members (excludes halogenated alkanes) is 1. The molecule has 3 amide bonds. The summed E-state index contributed by atoms with van der Waals surface area (Å²) in [7, 11) is 0. The van der Waals surface area contributed by atoms with Gasteiger partial charge in [-0.3, -0.25) is 9.48 Å². The molecule has 3 N–H and O–H groups in total. The van der Waals surface area contributed by atoms with E-state index in [1.807, 2.05) is 21.8 Å². The van der Waals surface area contributed by atoms with Gasteiger partial charge in [-0.1, -0.05) is 19.8 Å². The second-order valence-electron chi connectivity index (χ2n) is 5.76. The first-order valence-corrected chi connectivity index (χ1v) is 7.95. The number of nitrogens with zero attached hydrogens (tertiary/aromatic N) is 3. The molecule has 122 valence electrons. The third kappa shape index (κ3) is 4.22. The summed E-state index contributed by atoms with van der Waals surface area (Å²) in [5.41, 5.74) is 5.21. The number of carbonyl (C=O) groups excluding carboxylic acids is 2. The summed E-state index contributed by atoms with van der Waals surface area (Å²) in [4.78, 5) is 25.8. The van der Waals surface area contributed by atoms with Gasteiger partial charge < -0.3 is 16.0 Å². The molecule has 0 saturated carbocycles. The van der Waals surface area contributed by atoms with Gasteiger partial charge in [-0.15, -0.1) is 0 Å². The normalized spacial score (nSPS) is 19.1. The van der Waals surface area contributed by atoms with E-state index in [9.17, 15) is 9.59 Å². The monoisotopic (exact) mass is 307 g/mol. The minimum atomic E-state index is -0.641. The minimum absolute atomic E-state index is 0.0260. The van der Waals surface area contributed by atoms with Crippen molar-refractivity contribution in [2.24, 2.45) is 5.73 Å². The molecule has 22 heavy (non-hydrogen) atoms. The summed E-state index contributed by atoms with van der Waals surface area (Å²) in [6.07, 6.45) is 8.06. The Morgan fingerprint density at radius 3 is 2.95 bits per heavy atom. The number of primary amides is 1. The van der Waals surface area contributed by atoms with Crippen LogP contribution < -0.4 is 11.1 Å². The summed E-state index contributed by atoms with van der Waals surface area (Å²) in [5, 5.41) is 6.80. The maximum atomic E-state index is 12.8. The SMILES string of the molecule is CCCCC(NC(N)=O)C(=O)N1CCCC1Cn1cccn1. The molecule has 1 saturated heterocycles. The maximum Gasteiger partial charge on any atom is 0.312 e. The van der Waals surface area contributed by atoms with Crippen molar-refractivity contribution in [1.82, 2.24) is 20.0 Å². The van der Waals surface area contributed by atoms with Crippen molar-refractivity contribution in [2.45, 2.75) is 57.7 Å². The van der Waals surface area contributed by atoms with E-state index in [2.05, 4.69) is 17.3 Å². The molecule has 2 unspecified atom stereocenters. The van der Waals surface area contributed by atoms with Crippen molar-refractivity contribution < 1.29 is 9.59 Å². The fraction of sp³-hybridized carbons (Fsp3) is 0.667. The summed E-state index contributed by atoms with van der Waals surface area (Å²) in [5.74, 6) is -0.0260. The number of nitrogens with one attached hydrogen (secondary N) is 1. The highest BCUT2D eigenvalue weighted by molar-refractivity contribution is 5.86. The first-order chi connectivity index (χ1) is 10.6. The number of rotatable bonds is 7. The topological polar surface area (TPSA) is 93.2 Å². The highest BCUT2D eigenvalue weighted by Gasteiger charge is 2.33. The van der Waals surface area contributed by atoms with Crippen molar-refractivity contribution >= 4 is 11.9 Å². The summed E-state index contributed by atoms with van der Waals surface area (Å²) in [6, 6.07) is 0.846. The number of amides is 3. The standard InChI is InChI=1S/C15H25N5O2/c1-2-3-7-13(18-15(16)22)14(21)20-10-4-6-12(20)11-19-9-5-8-17-19/h5,8-9,12-13H,2-4,6-7,10-11H2,1H3,(H3,16,18,22). The van der Waals surface area contributed by atoms with Crippen molar-refractivity contribution in [1.29, 1.82) is 0 Å². The number of hydrogen-bond donors (Lipinski definition) is 2. The number of likely N-dealkylation sites (tertiary alicyclic amines) is 1. The maximum absolute atomic E-state index is 12.8. The van der Waals surface area contributed by atoms with Crippen LogP contribution in [-0.2, 0) is 11.3 Å². The van der Waals surface area contributed by atoms with E-state index in [1.54, 1.807) is 6.20 Å². The van der Waals surface area contributed by atoms with Gasteiger partial charge in [0.15, 0.2) is 0 Å². The Hall–Kier alpha value is -2.05. The molecule has 0 radical (unpaired) electrons. The van der Waals surface area contributed by atoms with Gasteiger partial charge in [0.1, 0.15) is 6.04 Å². The van der Waals surface area contributed by atoms with Crippen LogP contribution in [-0.4, -0.2) is 45.2 Å². The number of urea groups is 1. The molecule has 2 atom stereocenters. The third-order valence-corrected chi connectivity index (χ3v) is 4.08. The van der Waals surface area contributed by atoms with Crippen LogP contribution in [0.1, 0.15) is 39.0 Å². The number of nitrogens with two attached hydrogens (primary N) is 1. The molecule has 1 aliphatic heterocycles. The molecule has 7 heteroatoms. The average Bonchev–Trinajstić information content (AvgIpc) is 3.14. The van der Waals surface area contributed by atoms with Gasteiger partial charge in [-0.25, -0.2) is 4.79 Å². The van der Waals surface area contributed by atoms with Crippen LogP contribution in [0.15, 0.2) is 18.5 Å². The fourth-order valence-electron chi connectivity index (χ4n) is 2.98. The van der Waals surface area contributed by atoms with E-state index in [1.165, 1.54) is 0 Å². The zero-order chi connectivity index (χ0) is 15.9. The van der Waals surface area contributed by atoms with E-state index in [0.29, 0.717) is 13.0 Å². The molecule has 1 fully saturated rings. The molecule has 1 aromatic rings. The lowest BCUT2D eigenvalue weighted by atomic mass is 10.1. The third-order valence-electron chi connectivity index (χ3n) is 4.08. The number of aromatic nitrogens is 2. The molecule has 1 aliphatic rings. The van der Waals surface area contributed by atoms with E-state index in [-0.39, 0.29) is 11.9 Å². The van der Waals surface area contributed by atoms with Crippen LogP contribution >= 0.6 is 0 Å². The molecule has 0 aliphatic carbocycles. The van der Waals surface area contributed by atoms with Gasteiger partial charge in [-0.05, 0) is 25.3 Å². The van der Waals surface area contributed by atoms with Gasteiger partial charge in [0.2, 0.25) is 5.91 Å². The van der Waals surface area contributed by atoms with Crippen LogP contribution in [0.25, 0.3) is 0 Å². The highest BCUT2D eigenvalue weighted by atomic mass is 16.2. The minimum Gasteiger partial charge on any atom is -0.352 e. The lowest BCUT2D eigenvalue weighted by Gasteiger charge is -2.29. The Labute approximate surface area is 130 Å². The Morgan fingerprint density at radius 2 is 2.32 bits per heavy atom. The fourth-order valence-corrected chi connectivity index (χ4v) is 2.98. The van der Waals surface area contributed by atoms with Crippen LogP contribution in [0.4, 0.5) is 4.79 Å². The van der Waals surface area contributed by atoms with Crippen molar-refractivity contribution in [3.8, 4) is 0 Å². The van der Waals surface area contributed by atoms with E-state index in [0.717, 1.165) is 32.2 Å². The number of carbonyl (C=O) groups is 2.